The number of hydrogen-bond donors (Lipinski definition) is 0. The van der Waals surface area contributed by atoms with Gasteiger partial charge in [0, 0.05) is 45.3 Å². The first kappa shape index (κ1) is 29.8. The summed E-state index contributed by atoms with van der Waals surface area (Å²) in [5.74, 6) is 1.88. The average molecular weight is 680 g/mol. The normalized spacial score (nSPS) is 14.9. The van der Waals surface area contributed by atoms with E-state index < -0.39 is 0 Å². The maximum Gasteiger partial charge on any atom is 0.145 e. The molecule has 9 aromatic rings. The predicted molar refractivity (Wildman–Crippen MR) is 218 cm³/mol. The fourth-order valence-electron chi connectivity index (χ4n) is 8.45. The Morgan fingerprint density at radius 1 is 0.509 bits per heavy atom. The van der Waals surface area contributed by atoms with E-state index in [2.05, 4.69) is 179 Å². The molecule has 0 radical (unpaired) electrons. The number of rotatable bonds is 5. The standard InChI is InChI=1S/C49H33N3O/c1-3-12-32(13-4-1)35-24-28-40-39-16-7-9-19-43(39)51(45(40)30-35)37-27-29-41-47(31-37)53-46-21-11-17-38(48(41)46)33-22-25-36(26-23-33)52-44-20-10-8-18-42(44)50-49(52)34-14-5-2-6-15-34/h1-30,47H,31H2. The highest BCUT2D eigenvalue weighted by atomic mass is 16.5. The van der Waals surface area contributed by atoms with Gasteiger partial charge in [0.2, 0.25) is 0 Å². The van der Waals surface area contributed by atoms with Crippen molar-refractivity contribution in [3.05, 3.63) is 188 Å². The Balaban J connectivity index is 0.993. The van der Waals surface area contributed by atoms with Gasteiger partial charge in [0.15, 0.2) is 0 Å². The molecule has 2 aromatic heterocycles. The Hall–Kier alpha value is -6.91. The van der Waals surface area contributed by atoms with E-state index in [1.165, 1.54) is 55.3 Å². The minimum absolute atomic E-state index is 0.0651. The fourth-order valence-corrected chi connectivity index (χ4v) is 8.45. The Morgan fingerprint density at radius 2 is 1.21 bits per heavy atom. The third kappa shape index (κ3) is 4.73. The topological polar surface area (TPSA) is 32.0 Å². The summed E-state index contributed by atoms with van der Waals surface area (Å²) in [6.07, 6.45) is 5.31. The van der Waals surface area contributed by atoms with Gasteiger partial charge in [0.25, 0.3) is 0 Å². The number of para-hydroxylation sites is 3. The summed E-state index contributed by atoms with van der Waals surface area (Å²) in [4.78, 5) is 5.04. The minimum Gasteiger partial charge on any atom is -0.485 e. The van der Waals surface area contributed by atoms with E-state index >= 15 is 0 Å². The number of nitrogens with zero attached hydrogens (tertiary/aromatic N) is 3. The summed E-state index contributed by atoms with van der Waals surface area (Å²) in [7, 11) is 0. The summed E-state index contributed by atoms with van der Waals surface area (Å²) in [6.45, 7) is 0. The van der Waals surface area contributed by atoms with Crippen LogP contribution in [0.3, 0.4) is 0 Å². The Kier molecular flexibility index (Phi) is 6.65. The van der Waals surface area contributed by atoms with Crippen LogP contribution >= 0.6 is 0 Å². The molecule has 0 bridgehead atoms. The van der Waals surface area contributed by atoms with Crippen LogP contribution in [0.5, 0.6) is 5.75 Å². The van der Waals surface area contributed by atoms with Gasteiger partial charge in [0.05, 0.1) is 22.1 Å². The summed E-state index contributed by atoms with van der Waals surface area (Å²) < 4.78 is 11.5. The van der Waals surface area contributed by atoms with Gasteiger partial charge in [-0.05, 0) is 70.8 Å². The highest BCUT2D eigenvalue weighted by Crippen LogP contribution is 2.48. The van der Waals surface area contributed by atoms with Crippen LogP contribution in [-0.4, -0.2) is 20.2 Å². The van der Waals surface area contributed by atoms with Crippen molar-refractivity contribution in [1.29, 1.82) is 0 Å². The van der Waals surface area contributed by atoms with Crippen LogP contribution in [0.4, 0.5) is 0 Å². The van der Waals surface area contributed by atoms with Gasteiger partial charge >= 0.3 is 0 Å². The molecule has 0 saturated carbocycles. The lowest BCUT2D eigenvalue weighted by Gasteiger charge is -2.21. The van der Waals surface area contributed by atoms with Crippen LogP contribution in [-0.2, 0) is 0 Å². The first-order chi connectivity index (χ1) is 26.3. The fraction of sp³-hybridized carbons (Fsp3) is 0.0408. The molecule has 250 valence electrons. The maximum absolute atomic E-state index is 6.78. The number of ether oxygens (including phenoxy) is 1. The second kappa shape index (κ2) is 11.8. The molecule has 3 heterocycles. The number of imidazole rings is 1. The highest BCUT2D eigenvalue weighted by molar-refractivity contribution is 6.11. The first-order valence-electron chi connectivity index (χ1n) is 18.2. The third-order valence-corrected chi connectivity index (χ3v) is 10.9. The molecule has 0 spiro atoms. The molecule has 0 amide bonds. The molecule has 1 aliphatic carbocycles. The van der Waals surface area contributed by atoms with Crippen molar-refractivity contribution in [3.8, 4) is 45.1 Å². The van der Waals surface area contributed by atoms with Gasteiger partial charge in [-0.15, -0.1) is 0 Å². The summed E-state index contributed by atoms with van der Waals surface area (Å²) >= 11 is 0. The smallest absolute Gasteiger partial charge is 0.145 e. The monoisotopic (exact) mass is 679 g/mol. The van der Waals surface area contributed by atoms with Gasteiger partial charge in [-0.3, -0.25) is 4.57 Å². The van der Waals surface area contributed by atoms with Crippen molar-refractivity contribution in [2.24, 2.45) is 0 Å². The zero-order valence-electron chi connectivity index (χ0n) is 28.9. The predicted octanol–water partition coefficient (Wildman–Crippen LogP) is 12.2. The Bertz CT molecular complexity index is 2930. The van der Waals surface area contributed by atoms with E-state index in [0.717, 1.165) is 45.8 Å². The van der Waals surface area contributed by atoms with Crippen molar-refractivity contribution in [1.82, 2.24) is 14.1 Å². The van der Waals surface area contributed by atoms with Crippen LogP contribution in [0.25, 0.3) is 83.4 Å². The van der Waals surface area contributed by atoms with Crippen molar-refractivity contribution in [2.75, 3.05) is 0 Å². The highest BCUT2D eigenvalue weighted by Gasteiger charge is 2.34. The van der Waals surface area contributed by atoms with Gasteiger partial charge in [0.1, 0.15) is 17.7 Å². The number of hydrogen-bond acceptors (Lipinski definition) is 2. The van der Waals surface area contributed by atoms with Gasteiger partial charge < -0.3 is 9.30 Å². The van der Waals surface area contributed by atoms with E-state index in [1.807, 2.05) is 12.1 Å². The molecule has 53 heavy (non-hydrogen) atoms. The second-order valence-electron chi connectivity index (χ2n) is 13.9. The quantitative estimate of drug-likeness (QED) is 0.181. The zero-order valence-corrected chi connectivity index (χ0v) is 28.9. The molecule has 7 aromatic carbocycles. The van der Waals surface area contributed by atoms with Crippen LogP contribution in [0.1, 0.15) is 12.0 Å². The zero-order chi connectivity index (χ0) is 34.9. The van der Waals surface area contributed by atoms with Crippen molar-refractivity contribution >= 4 is 44.1 Å². The third-order valence-electron chi connectivity index (χ3n) is 10.9. The van der Waals surface area contributed by atoms with Crippen LogP contribution < -0.4 is 4.74 Å². The van der Waals surface area contributed by atoms with Crippen molar-refractivity contribution in [3.63, 3.8) is 0 Å². The lowest BCUT2D eigenvalue weighted by molar-refractivity contribution is 0.280. The van der Waals surface area contributed by atoms with E-state index in [9.17, 15) is 0 Å². The molecule has 0 saturated heterocycles. The first-order valence-corrected chi connectivity index (χ1v) is 18.2. The summed E-state index contributed by atoms with van der Waals surface area (Å²) in [5.41, 5.74) is 15.1. The van der Waals surface area contributed by atoms with Crippen molar-refractivity contribution in [2.45, 2.75) is 12.5 Å². The average Bonchev–Trinajstić information content (AvgIpc) is 3.91. The number of benzene rings is 7. The number of fused-ring (bicyclic) bond motifs is 7. The van der Waals surface area contributed by atoms with E-state index in [1.54, 1.807) is 0 Å². The molecule has 1 aliphatic heterocycles. The minimum atomic E-state index is -0.0651. The number of allylic oxidation sites excluding steroid dienone is 2. The maximum atomic E-state index is 6.78. The second-order valence-corrected chi connectivity index (χ2v) is 13.9. The van der Waals surface area contributed by atoms with E-state index in [-0.39, 0.29) is 6.10 Å². The van der Waals surface area contributed by atoms with Gasteiger partial charge in [-0.1, -0.05) is 133 Å². The molecule has 11 rings (SSSR count). The van der Waals surface area contributed by atoms with Gasteiger partial charge in [-0.25, -0.2) is 4.98 Å². The SMILES string of the molecule is C1=C2c3c(cccc3-c3ccc(-n4c(-c5ccccc5)nc5ccccc54)cc3)OC2CC(n2c3ccccc3c3ccc(-c4ccccc4)cc32)=C1. The molecule has 4 heteroatoms. The molecule has 2 aliphatic rings. The Morgan fingerprint density at radius 3 is 2.04 bits per heavy atom. The Labute approximate surface area is 307 Å². The van der Waals surface area contributed by atoms with Crippen LogP contribution in [0, 0.1) is 0 Å². The summed E-state index contributed by atoms with van der Waals surface area (Å²) in [5, 5.41) is 2.52. The molecular weight excluding hydrogens is 647 g/mol. The lowest BCUT2D eigenvalue weighted by atomic mass is 9.89. The number of aromatic nitrogens is 3. The molecular formula is C49H33N3O. The molecule has 0 N–H and O–H groups in total. The van der Waals surface area contributed by atoms with Crippen LogP contribution in [0.15, 0.2) is 182 Å². The molecule has 1 atom stereocenters. The molecule has 4 nitrogen and oxygen atoms in total. The largest absolute Gasteiger partial charge is 0.485 e. The van der Waals surface area contributed by atoms with Crippen LogP contribution in [0.2, 0.25) is 0 Å². The van der Waals surface area contributed by atoms with Gasteiger partial charge in [-0.2, -0.15) is 0 Å². The molecule has 1 unspecified atom stereocenters. The van der Waals surface area contributed by atoms with E-state index in [4.69, 9.17) is 9.72 Å². The summed E-state index contributed by atoms with van der Waals surface area (Å²) in [6, 6.07) is 60.3. The lowest BCUT2D eigenvalue weighted by Crippen LogP contribution is -2.17. The van der Waals surface area contributed by atoms with E-state index in [0.29, 0.717) is 0 Å². The molecule has 0 fully saturated rings. The van der Waals surface area contributed by atoms with Crippen molar-refractivity contribution < 1.29 is 4.74 Å².